The topological polar surface area (TPSA) is 49.8 Å². The molecule has 0 radical (unpaired) electrons. The van der Waals surface area contributed by atoms with Gasteiger partial charge in [0.25, 0.3) is 0 Å². The van der Waals surface area contributed by atoms with Crippen molar-refractivity contribution in [2.75, 3.05) is 0 Å². The van der Waals surface area contributed by atoms with Crippen LogP contribution in [-0.4, -0.2) is 28.5 Å². The number of pyridine rings is 1. The Bertz CT molecular complexity index is 1870. The first-order valence-electron chi connectivity index (χ1n) is 12.2. The number of nitrogens with zero attached hydrogens (tertiary/aromatic N) is 2. The molecular formula is C30H20B3FN2O. The molecule has 2 heterocycles. The van der Waals surface area contributed by atoms with Crippen LogP contribution in [0.5, 0.6) is 0 Å². The molecule has 0 N–H and O–H groups in total. The van der Waals surface area contributed by atoms with E-state index in [9.17, 15) is 9.65 Å². The lowest BCUT2D eigenvalue weighted by Crippen LogP contribution is -2.38. The number of para-hydroxylation sites is 1. The second kappa shape index (κ2) is 8.83. The first-order chi connectivity index (χ1) is 18.0. The number of benzene rings is 4. The maximum absolute atomic E-state index is 15.0. The van der Waals surface area contributed by atoms with Gasteiger partial charge >= 0.3 is 0 Å². The average molecular weight is 476 g/mol. The quantitative estimate of drug-likeness (QED) is 0.370. The number of halogens is 1. The average Bonchev–Trinajstić information content (AvgIpc) is 3.33. The van der Waals surface area contributed by atoms with Gasteiger partial charge in [-0.1, -0.05) is 66.7 Å². The van der Waals surface area contributed by atoms with Gasteiger partial charge in [-0.05, 0) is 51.4 Å². The van der Waals surface area contributed by atoms with Gasteiger partial charge in [0.2, 0.25) is 0 Å². The Morgan fingerprint density at radius 1 is 0.703 bits per heavy atom. The maximum Gasteiger partial charge on any atom is 0.163 e. The van der Waals surface area contributed by atoms with E-state index in [1.807, 2.05) is 68.5 Å². The van der Waals surface area contributed by atoms with Gasteiger partial charge in [0.15, 0.2) is 7.85 Å². The zero-order valence-electron chi connectivity index (χ0n) is 20.8. The summed E-state index contributed by atoms with van der Waals surface area (Å²) < 4.78 is 21.5. The molecular weight excluding hydrogens is 456 g/mol. The standard InChI is InChI=1S/C30H20B3FN2O/c31-24-26(34)25(32)30(33)36-27(24)22-8-4-7-20-21-14-13-19(15-35)23(29(21)37-28(20)22)18-11-9-17(10-12-18)16-5-2-1-3-6-16/h1-14H,31-33H2. The molecule has 7 heteroatoms. The molecule has 0 fully saturated rings. The number of fused-ring (bicyclic) bond motifs is 3. The lowest BCUT2D eigenvalue weighted by molar-refractivity contribution is 0.644. The molecule has 0 amide bonds. The van der Waals surface area contributed by atoms with Crippen LogP contribution in [0.4, 0.5) is 4.39 Å². The van der Waals surface area contributed by atoms with Crippen molar-refractivity contribution in [1.82, 2.24) is 4.98 Å². The van der Waals surface area contributed by atoms with Crippen molar-refractivity contribution < 1.29 is 8.81 Å². The summed E-state index contributed by atoms with van der Waals surface area (Å²) >= 11 is 0. The maximum atomic E-state index is 15.0. The van der Waals surface area contributed by atoms with Gasteiger partial charge in [-0.25, -0.2) is 4.39 Å². The van der Waals surface area contributed by atoms with Gasteiger partial charge in [0.05, 0.1) is 17.3 Å². The first kappa shape index (κ1) is 22.9. The van der Waals surface area contributed by atoms with Crippen LogP contribution in [0.25, 0.3) is 55.4 Å². The van der Waals surface area contributed by atoms with Crippen LogP contribution in [0.3, 0.4) is 0 Å². The molecule has 4 aromatic carbocycles. The number of hydrogen-bond donors (Lipinski definition) is 0. The normalized spacial score (nSPS) is 11.1. The summed E-state index contributed by atoms with van der Waals surface area (Å²) in [7, 11) is 5.31. The van der Waals surface area contributed by atoms with Crippen LogP contribution in [0.15, 0.2) is 89.3 Å². The summed E-state index contributed by atoms with van der Waals surface area (Å²) in [5, 5.41) is 11.8. The highest BCUT2D eigenvalue weighted by molar-refractivity contribution is 6.50. The smallest absolute Gasteiger partial charge is 0.163 e. The molecule has 0 saturated carbocycles. The van der Waals surface area contributed by atoms with Crippen molar-refractivity contribution in [3.63, 3.8) is 0 Å². The van der Waals surface area contributed by atoms with Crippen molar-refractivity contribution in [2.45, 2.75) is 0 Å². The number of hydrogen-bond acceptors (Lipinski definition) is 3. The number of nitriles is 1. The van der Waals surface area contributed by atoms with E-state index in [-0.39, 0.29) is 5.82 Å². The lowest BCUT2D eigenvalue weighted by atomic mass is 9.78. The number of rotatable bonds is 3. The molecule has 0 bridgehead atoms. The zero-order chi connectivity index (χ0) is 25.7. The van der Waals surface area contributed by atoms with Crippen LogP contribution in [0, 0.1) is 17.1 Å². The summed E-state index contributed by atoms with van der Waals surface area (Å²) in [4.78, 5) is 4.72. The van der Waals surface area contributed by atoms with Gasteiger partial charge in [-0.2, -0.15) is 5.26 Å². The number of aromatic nitrogens is 1. The molecule has 0 atom stereocenters. The summed E-state index contributed by atoms with van der Waals surface area (Å²) in [6.45, 7) is 0. The third kappa shape index (κ3) is 3.65. The predicted octanol–water partition coefficient (Wildman–Crippen LogP) is 2.77. The molecule has 2 aromatic heterocycles. The first-order valence-corrected chi connectivity index (χ1v) is 12.2. The second-order valence-corrected chi connectivity index (χ2v) is 9.31. The molecule has 3 nitrogen and oxygen atoms in total. The monoisotopic (exact) mass is 476 g/mol. The molecule has 0 aliphatic heterocycles. The van der Waals surface area contributed by atoms with Gasteiger partial charge < -0.3 is 4.42 Å². The largest absolute Gasteiger partial charge is 0.455 e. The van der Waals surface area contributed by atoms with E-state index < -0.39 is 0 Å². The van der Waals surface area contributed by atoms with Crippen LogP contribution >= 0.6 is 0 Å². The van der Waals surface area contributed by atoms with Crippen molar-refractivity contribution >= 4 is 62.0 Å². The summed E-state index contributed by atoms with van der Waals surface area (Å²) in [5.74, 6) is -0.249. The SMILES string of the molecule is Bc1nc(-c2cccc3c2oc2c(-c4ccc(-c5ccccc5)cc4)c(C#N)ccc23)c(B)c(F)c1B. The van der Waals surface area contributed by atoms with Crippen LogP contribution < -0.4 is 16.5 Å². The molecule has 172 valence electrons. The van der Waals surface area contributed by atoms with Crippen molar-refractivity contribution in [3.8, 4) is 39.6 Å². The Hall–Kier alpha value is -4.56. The van der Waals surface area contributed by atoms with Crippen LogP contribution in [0.1, 0.15) is 5.56 Å². The Morgan fingerprint density at radius 3 is 2.11 bits per heavy atom. The van der Waals surface area contributed by atoms with Crippen LogP contribution in [-0.2, 0) is 0 Å². The molecule has 0 unspecified atom stereocenters. The molecule has 6 aromatic rings. The minimum absolute atomic E-state index is 0.249. The Labute approximate surface area is 216 Å². The van der Waals surface area contributed by atoms with Gasteiger partial charge in [0.1, 0.15) is 32.7 Å². The van der Waals surface area contributed by atoms with E-state index in [2.05, 4.69) is 30.3 Å². The van der Waals surface area contributed by atoms with Gasteiger partial charge in [-0.15, -0.1) is 0 Å². The minimum Gasteiger partial charge on any atom is -0.455 e. The molecule has 37 heavy (non-hydrogen) atoms. The van der Waals surface area contributed by atoms with Gasteiger partial charge in [0, 0.05) is 21.9 Å². The highest BCUT2D eigenvalue weighted by atomic mass is 19.1. The van der Waals surface area contributed by atoms with Crippen molar-refractivity contribution in [3.05, 3.63) is 96.3 Å². The van der Waals surface area contributed by atoms with E-state index in [0.717, 1.165) is 38.6 Å². The second-order valence-electron chi connectivity index (χ2n) is 9.31. The van der Waals surface area contributed by atoms with E-state index in [1.54, 1.807) is 15.7 Å². The molecule has 0 aliphatic rings. The van der Waals surface area contributed by atoms with E-state index in [0.29, 0.717) is 38.9 Å². The third-order valence-corrected chi connectivity index (χ3v) is 7.16. The molecule has 0 spiro atoms. The molecule has 0 aliphatic carbocycles. The number of furan rings is 1. The zero-order valence-corrected chi connectivity index (χ0v) is 20.8. The predicted molar refractivity (Wildman–Crippen MR) is 157 cm³/mol. The van der Waals surface area contributed by atoms with Crippen LogP contribution in [0.2, 0.25) is 0 Å². The summed E-state index contributed by atoms with van der Waals surface area (Å²) in [6.07, 6.45) is 0. The Balaban J connectivity index is 1.59. The van der Waals surface area contributed by atoms with E-state index in [1.165, 1.54) is 0 Å². The third-order valence-electron chi connectivity index (χ3n) is 7.16. The fourth-order valence-electron chi connectivity index (χ4n) is 5.03. The Morgan fingerprint density at radius 2 is 1.38 bits per heavy atom. The van der Waals surface area contributed by atoms with Crippen molar-refractivity contribution in [1.29, 1.82) is 5.26 Å². The van der Waals surface area contributed by atoms with Crippen molar-refractivity contribution in [2.24, 2.45) is 0 Å². The Kier molecular flexibility index (Phi) is 5.46. The molecule has 6 rings (SSSR count). The highest BCUT2D eigenvalue weighted by Gasteiger charge is 2.21. The summed E-state index contributed by atoms with van der Waals surface area (Å²) in [6, 6.07) is 30.3. The van der Waals surface area contributed by atoms with E-state index in [4.69, 9.17) is 9.40 Å². The lowest BCUT2D eigenvalue weighted by Gasteiger charge is -2.12. The fraction of sp³-hybridized carbons (Fsp3) is 0. The highest BCUT2D eigenvalue weighted by Crippen LogP contribution is 2.41. The molecule has 0 saturated heterocycles. The van der Waals surface area contributed by atoms with E-state index >= 15 is 0 Å². The fourth-order valence-corrected chi connectivity index (χ4v) is 5.03. The minimum atomic E-state index is -0.249. The van der Waals surface area contributed by atoms with Gasteiger partial charge in [-0.3, -0.25) is 4.98 Å². The summed E-state index contributed by atoms with van der Waals surface area (Å²) in [5.41, 5.74) is 8.67.